The predicted octanol–water partition coefficient (Wildman–Crippen LogP) is 2.81. The van der Waals surface area contributed by atoms with E-state index in [1.54, 1.807) is 23.0 Å². The van der Waals surface area contributed by atoms with Crippen LogP contribution < -0.4 is 10.5 Å². The Kier molecular flexibility index (Phi) is 4.17. The number of fused-ring (bicyclic) bond motifs is 2. The minimum atomic E-state index is -0.860. The van der Waals surface area contributed by atoms with Crippen molar-refractivity contribution >= 4 is 40.1 Å². The van der Waals surface area contributed by atoms with E-state index in [9.17, 15) is 10.2 Å². The number of nitrogens with zero attached hydrogens (tertiary/aromatic N) is 3. The van der Waals surface area contributed by atoms with Crippen molar-refractivity contribution in [2.75, 3.05) is 5.73 Å². The predicted molar refractivity (Wildman–Crippen MR) is 105 cm³/mol. The molecule has 4 N–H and O–H groups in total. The number of nitrogen functional groups attached to an aromatic ring is 1. The number of nitrogens with two attached hydrogens (primary N) is 1. The second-order valence-electron chi connectivity index (χ2n) is 7.42. The molecular weight excluding hydrogens is 403 g/mol. The van der Waals surface area contributed by atoms with Gasteiger partial charge in [-0.05, 0) is 36.0 Å². The molecule has 9 heteroatoms. The topological polar surface area (TPSA) is 106 Å². The van der Waals surface area contributed by atoms with E-state index in [1.165, 1.54) is 0 Å². The van der Waals surface area contributed by atoms with Gasteiger partial charge in [0, 0.05) is 5.02 Å². The quantitative estimate of drug-likeness (QED) is 0.560. The number of aromatic nitrogens is 3. The molecule has 0 bridgehead atoms. The molecule has 3 aromatic rings. The summed E-state index contributed by atoms with van der Waals surface area (Å²) in [4.78, 5) is 8.79. The number of hydrogen-bond donors (Lipinski definition) is 3. The smallest absolute Gasteiger partial charge is 0.182 e. The first kappa shape index (κ1) is 18.0. The van der Waals surface area contributed by atoms with Crippen LogP contribution in [-0.2, 0) is 6.61 Å². The minimum Gasteiger partial charge on any atom is -0.483 e. The van der Waals surface area contributed by atoms with Crippen molar-refractivity contribution in [3.05, 3.63) is 46.3 Å². The van der Waals surface area contributed by atoms with Crippen LogP contribution in [0.15, 0.2) is 30.6 Å². The van der Waals surface area contributed by atoms with Gasteiger partial charge in [0.1, 0.15) is 23.9 Å². The van der Waals surface area contributed by atoms with Gasteiger partial charge in [-0.15, -0.1) is 0 Å². The van der Waals surface area contributed by atoms with Crippen LogP contribution in [0.4, 0.5) is 5.69 Å². The first-order chi connectivity index (χ1) is 13.5. The summed E-state index contributed by atoms with van der Waals surface area (Å²) in [5.74, 6) is 0.601. The lowest BCUT2D eigenvalue weighted by molar-refractivity contribution is 0.00386. The summed E-state index contributed by atoms with van der Waals surface area (Å²) in [5, 5.41) is 21.2. The van der Waals surface area contributed by atoms with Crippen LogP contribution in [0.3, 0.4) is 0 Å². The first-order valence-corrected chi connectivity index (χ1v) is 9.76. The van der Waals surface area contributed by atoms with Crippen molar-refractivity contribution in [3.63, 3.8) is 0 Å². The highest BCUT2D eigenvalue weighted by Crippen LogP contribution is 2.58. The third-order valence-corrected chi connectivity index (χ3v) is 6.21. The maximum atomic E-state index is 10.4. The maximum Gasteiger partial charge on any atom is 0.182 e. The number of aliphatic hydroxyl groups excluding tert-OH is 2. The van der Waals surface area contributed by atoms with Gasteiger partial charge in [0.05, 0.1) is 18.5 Å². The summed E-state index contributed by atoms with van der Waals surface area (Å²) in [6.45, 7) is 0.232. The number of benzene rings is 1. The van der Waals surface area contributed by atoms with Crippen molar-refractivity contribution in [1.82, 2.24) is 14.5 Å². The van der Waals surface area contributed by atoms with E-state index in [4.69, 9.17) is 33.7 Å². The Balaban J connectivity index is 1.48. The molecule has 28 heavy (non-hydrogen) atoms. The molecule has 0 radical (unpaired) electrons. The molecule has 0 aliphatic heterocycles. The number of imidazole rings is 1. The molecule has 5 atom stereocenters. The Labute approximate surface area is 170 Å². The average molecular weight is 421 g/mol. The van der Waals surface area contributed by atoms with Gasteiger partial charge in [0.25, 0.3) is 0 Å². The van der Waals surface area contributed by atoms with Gasteiger partial charge >= 0.3 is 0 Å². The summed E-state index contributed by atoms with van der Waals surface area (Å²) < 4.78 is 7.57. The van der Waals surface area contributed by atoms with Crippen LogP contribution in [0.5, 0.6) is 5.75 Å². The maximum absolute atomic E-state index is 10.4. The highest BCUT2D eigenvalue weighted by molar-refractivity contribution is 6.32. The van der Waals surface area contributed by atoms with Crippen LogP contribution in [-0.4, -0.2) is 37.0 Å². The van der Waals surface area contributed by atoms with Gasteiger partial charge < -0.3 is 25.3 Å². The molecule has 1 aromatic carbocycles. The summed E-state index contributed by atoms with van der Waals surface area (Å²) in [5.41, 5.74) is 8.36. The van der Waals surface area contributed by atoms with Gasteiger partial charge in [-0.3, -0.25) is 0 Å². The molecule has 2 aromatic heterocycles. The first-order valence-electron chi connectivity index (χ1n) is 9.00. The second kappa shape index (κ2) is 6.49. The highest BCUT2D eigenvalue weighted by Gasteiger charge is 2.60. The van der Waals surface area contributed by atoms with E-state index < -0.39 is 12.2 Å². The average Bonchev–Trinajstić information content (AvgIpc) is 3.27. The Morgan fingerprint density at radius 3 is 2.75 bits per heavy atom. The summed E-state index contributed by atoms with van der Waals surface area (Å²) in [6.07, 6.45) is 0.890. The van der Waals surface area contributed by atoms with Gasteiger partial charge in [-0.25, -0.2) is 9.97 Å². The molecule has 2 fully saturated rings. The molecule has 0 amide bonds. The van der Waals surface area contributed by atoms with Crippen molar-refractivity contribution in [3.8, 4) is 5.75 Å². The third-order valence-electron chi connectivity index (χ3n) is 5.72. The fourth-order valence-electron chi connectivity index (χ4n) is 4.26. The zero-order chi connectivity index (χ0) is 19.6. The molecule has 0 saturated heterocycles. The van der Waals surface area contributed by atoms with Crippen LogP contribution in [0, 0.1) is 11.8 Å². The van der Waals surface area contributed by atoms with Gasteiger partial charge in [0.15, 0.2) is 16.5 Å². The van der Waals surface area contributed by atoms with E-state index in [0.717, 1.165) is 12.0 Å². The standard InChI is InChI=1S/C19H18Cl2N4O3/c20-9-3-1-2-8(4-9)6-28-17-12(22)13-19(24-18(17)21)25(7-23-13)14-10-5-11(10)15(26)16(14)27/h1-4,7,10-11,14-16,26-27H,5-6H2,(H2,22,24)/t10-,11+,14+,15+,16-/m0/s1. The van der Waals surface area contributed by atoms with Gasteiger partial charge in [0.2, 0.25) is 0 Å². The SMILES string of the molecule is Nc1c(OCc2cccc(Cl)c2)c(Cl)nc2c1ncn2[C@H]1[C@H](O)[C@H](O)[C@@H]2C[C@@H]21. The van der Waals surface area contributed by atoms with Crippen molar-refractivity contribution in [2.24, 2.45) is 11.8 Å². The van der Waals surface area contributed by atoms with Crippen molar-refractivity contribution in [2.45, 2.75) is 31.3 Å². The molecule has 5 rings (SSSR count). The van der Waals surface area contributed by atoms with Crippen LogP contribution in [0.25, 0.3) is 11.2 Å². The number of aliphatic hydroxyl groups is 2. The van der Waals surface area contributed by atoms with Crippen LogP contribution in [0.1, 0.15) is 18.0 Å². The molecule has 0 unspecified atom stereocenters. The molecular formula is C19H18Cl2N4O3. The highest BCUT2D eigenvalue weighted by atomic mass is 35.5. The summed E-state index contributed by atoms with van der Waals surface area (Å²) in [6, 6.07) is 7.01. The molecule has 0 spiro atoms. The zero-order valence-electron chi connectivity index (χ0n) is 14.7. The van der Waals surface area contributed by atoms with E-state index in [2.05, 4.69) is 9.97 Å². The fourth-order valence-corrected chi connectivity index (χ4v) is 4.71. The number of pyridine rings is 1. The summed E-state index contributed by atoms with van der Waals surface area (Å²) in [7, 11) is 0. The van der Waals surface area contributed by atoms with Crippen molar-refractivity contribution < 1.29 is 14.9 Å². The minimum absolute atomic E-state index is 0.120. The van der Waals surface area contributed by atoms with Gasteiger partial charge in [-0.2, -0.15) is 0 Å². The molecule has 2 saturated carbocycles. The molecule has 7 nitrogen and oxygen atoms in total. The molecule has 2 heterocycles. The zero-order valence-corrected chi connectivity index (χ0v) is 16.2. The van der Waals surface area contributed by atoms with Crippen molar-refractivity contribution in [1.29, 1.82) is 0 Å². The van der Waals surface area contributed by atoms with E-state index >= 15 is 0 Å². The monoisotopic (exact) mass is 420 g/mol. The van der Waals surface area contributed by atoms with E-state index in [-0.39, 0.29) is 41.1 Å². The lowest BCUT2D eigenvalue weighted by Crippen LogP contribution is -2.31. The Morgan fingerprint density at radius 1 is 1.21 bits per heavy atom. The largest absolute Gasteiger partial charge is 0.483 e. The number of ether oxygens (including phenoxy) is 1. The lowest BCUT2D eigenvalue weighted by Gasteiger charge is -2.22. The van der Waals surface area contributed by atoms with Crippen LogP contribution in [0.2, 0.25) is 10.2 Å². The molecule has 146 valence electrons. The Hall–Kier alpha value is -2.06. The molecule has 2 aliphatic rings. The van der Waals surface area contributed by atoms with E-state index in [1.807, 2.05) is 12.1 Å². The number of hydrogen-bond acceptors (Lipinski definition) is 6. The second-order valence-corrected chi connectivity index (χ2v) is 8.22. The van der Waals surface area contributed by atoms with E-state index in [0.29, 0.717) is 16.2 Å². The fraction of sp³-hybridized carbons (Fsp3) is 0.368. The molecule has 2 aliphatic carbocycles. The Morgan fingerprint density at radius 2 is 2.04 bits per heavy atom. The summed E-state index contributed by atoms with van der Waals surface area (Å²) >= 11 is 12.4. The lowest BCUT2D eigenvalue weighted by atomic mass is 10.1. The Bertz CT molecular complexity index is 1070. The van der Waals surface area contributed by atoms with Crippen LogP contribution >= 0.6 is 23.2 Å². The number of anilines is 1. The third kappa shape index (κ3) is 2.73. The number of halogens is 2. The van der Waals surface area contributed by atoms with Gasteiger partial charge in [-0.1, -0.05) is 35.3 Å². The normalized spacial score (nSPS) is 28.5. The number of rotatable bonds is 4.